The number of aromatic amines is 1. The monoisotopic (exact) mass is 359 g/mol. The van der Waals surface area contributed by atoms with Crippen LogP contribution < -0.4 is 5.56 Å². The van der Waals surface area contributed by atoms with Gasteiger partial charge >= 0.3 is 0 Å². The number of nitrogens with one attached hydrogen (secondary N) is 1. The van der Waals surface area contributed by atoms with Crippen LogP contribution in [0.4, 0.5) is 0 Å². The van der Waals surface area contributed by atoms with E-state index in [0.29, 0.717) is 11.2 Å². The zero-order valence-electron chi connectivity index (χ0n) is 14.2. The molecule has 128 valence electrons. The lowest BCUT2D eigenvalue weighted by Crippen LogP contribution is -2.09. The number of rotatable bonds is 2. The molecule has 1 aliphatic carbocycles. The minimum Gasteiger partial charge on any atom is -0.306 e. The van der Waals surface area contributed by atoms with Gasteiger partial charge in [0.15, 0.2) is 0 Å². The lowest BCUT2D eigenvalue weighted by molar-refractivity contribution is 0.686. The number of fused-ring (bicyclic) bond motifs is 2. The van der Waals surface area contributed by atoms with Gasteiger partial charge in [0.1, 0.15) is 10.7 Å². The highest BCUT2D eigenvalue weighted by atomic mass is 32.1. The molecule has 5 heteroatoms. The van der Waals surface area contributed by atoms with Gasteiger partial charge in [0, 0.05) is 28.9 Å². The Morgan fingerprint density at radius 2 is 1.77 bits per heavy atom. The van der Waals surface area contributed by atoms with Crippen LogP contribution in [0.5, 0.6) is 0 Å². The lowest BCUT2D eigenvalue weighted by Gasteiger charge is -2.16. The van der Waals surface area contributed by atoms with Crippen LogP contribution in [0, 0.1) is 0 Å². The van der Waals surface area contributed by atoms with Crippen molar-refractivity contribution in [1.82, 2.24) is 15.0 Å². The van der Waals surface area contributed by atoms with Crippen molar-refractivity contribution in [3.8, 4) is 22.5 Å². The molecular weight excluding hydrogens is 342 g/mol. The fraction of sp³-hybridized carbons (Fsp3) is 0.190. The topological polar surface area (TPSA) is 58.6 Å². The number of H-pyrrole nitrogens is 1. The first-order valence-corrected chi connectivity index (χ1v) is 9.72. The summed E-state index contributed by atoms with van der Waals surface area (Å²) in [5.74, 6) is 0.587. The summed E-state index contributed by atoms with van der Waals surface area (Å²) in [6.07, 6.45) is 8.22. The largest absolute Gasteiger partial charge is 0.306 e. The average Bonchev–Trinajstić information content (AvgIpc) is 3.13. The molecule has 0 unspecified atom stereocenters. The molecule has 1 N–H and O–H groups in total. The number of nitrogens with zero attached hydrogens (tertiary/aromatic N) is 2. The number of aryl methyl sites for hydroxylation is 2. The zero-order chi connectivity index (χ0) is 17.5. The molecule has 0 saturated carbocycles. The summed E-state index contributed by atoms with van der Waals surface area (Å²) in [5, 5.41) is 2.73. The van der Waals surface area contributed by atoms with Crippen LogP contribution in [-0.4, -0.2) is 15.0 Å². The molecule has 26 heavy (non-hydrogen) atoms. The van der Waals surface area contributed by atoms with Crippen LogP contribution >= 0.6 is 11.3 Å². The highest BCUT2D eigenvalue weighted by Gasteiger charge is 2.16. The average molecular weight is 359 g/mol. The Labute approximate surface area is 154 Å². The normalized spacial score (nSPS) is 13.7. The highest BCUT2D eigenvalue weighted by molar-refractivity contribution is 7.17. The number of thiophene rings is 1. The van der Waals surface area contributed by atoms with Crippen LogP contribution in [0.1, 0.15) is 24.0 Å². The fourth-order valence-electron chi connectivity index (χ4n) is 3.71. The molecule has 4 aromatic rings. The summed E-state index contributed by atoms with van der Waals surface area (Å²) < 4.78 is 0. The van der Waals surface area contributed by atoms with Crippen molar-refractivity contribution >= 4 is 21.6 Å². The molecule has 0 bridgehead atoms. The van der Waals surface area contributed by atoms with Crippen LogP contribution in [0.3, 0.4) is 0 Å². The molecule has 0 spiro atoms. The Morgan fingerprint density at radius 1 is 0.962 bits per heavy atom. The number of aromatic nitrogens is 3. The summed E-state index contributed by atoms with van der Waals surface area (Å²) in [6, 6.07) is 10.3. The number of hydrogen-bond acceptors (Lipinski definition) is 4. The predicted molar refractivity (Wildman–Crippen MR) is 106 cm³/mol. The molecule has 3 heterocycles. The van der Waals surface area contributed by atoms with E-state index in [1.54, 1.807) is 12.4 Å². The van der Waals surface area contributed by atoms with Crippen LogP contribution in [0.2, 0.25) is 0 Å². The molecule has 1 aliphatic rings. The van der Waals surface area contributed by atoms with Crippen molar-refractivity contribution in [3.63, 3.8) is 0 Å². The molecule has 0 radical (unpaired) electrons. The summed E-state index contributed by atoms with van der Waals surface area (Å²) in [7, 11) is 0. The Bertz CT molecular complexity index is 1160. The van der Waals surface area contributed by atoms with Gasteiger partial charge in [0.05, 0.1) is 5.39 Å². The number of benzene rings is 1. The molecule has 5 rings (SSSR count). The van der Waals surface area contributed by atoms with Crippen molar-refractivity contribution < 1.29 is 0 Å². The second-order valence-corrected chi connectivity index (χ2v) is 7.53. The molecule has 0 saturated heterocycles. The lowest BCUT2D eigenvalue weighted by atomic mass is 9.89. The van der Waals surface area contributed by atoms with Crippen molar-refractivity contribution in [2.75, 3.05) is 0 Å². The standard InChI is InChI=1S/C21H17N3OS/c25-20-18-17(16-6-5-13-3-1-2-4-15(13)11-16)12-26-21(18)24-19(23-20)14-7-9-22-10-8-14/h5-12H,1-4H2,(H,23,24,25). The first kappa shape index (κ1) is 15.5. The summed E-state index contributed by atoms with van der Waals surface area (Å²) in [5.41, 5.74) is 5.74. The van der Waals surface area contributed by atoms with Gasteiger partial charge in [-0.2, -0.15) is 0 Å². The molecule has 1 aromatic carbocycles. The number of pyridine rings is 1. The maximum atomic E-state index is 12.8. The van der Waals surface area contributed by atoms with E-state index in [1.807, 2.05) is 17.5 Å². The maximum Gasteiger partial charge on any atom is 0.260 e. The van der Waals surface area contributed by atoms with Gasteiger partial charge in [-0.15, -0.1) is 11.3 Å². The van der Waals surface area contributed by atoms with Gasteiger partial charge in [-0.3, -0.25) is 9.78 Å². The van der Waals surface area contributed by atoms with Crippen molar-refractivity contribution in [2.24, 2.45) is 0 Å². The van der Waals surface area contributed by atoms with E-state index in [0.717, 1.165) is 34.4 Å². The fourth-order valence-corrected chi connectivity index (χ4v) is 4.66. The van der Waals surface area contributed by atoms with Gasteiger partial charge in [-0.1, -0.05) is 18.2 Å². The Morgan fingerprint density at radius 3 is 2.62 bits per heavy atom. The summed E-state index contributed by atoms with van der Waals surface area (Å²) >= 11 is 1.52. The number of hydrogen-bond donors (Lipinski definition) is 1. The molecule has 4 nitrogen and oxygen atoms in total. The predicted octanol–water partition coefficient (Wildman–Crippen LogP) is 4.59. The zero-order valence-corrected chi connectivity index (χ0v) is 15.0. The minimum atomic E-state index is -0.0872. The highest BCUT2D eigenvalue weighted by Crippen LogP contribution is 2.34. The first-order valence-electron chi connectivity index (χ1n) is 8.84. The van der Waals surface area contributed by atoms with E-state index < -0.39 is 0 Å². The Kier molecular flexibility index (Phi) is 3.68. The summed E-state index contributed by atoms with van der Waals surface area (Å²) in [4.78, 5) is 25.2. The maximum absolute atomic E-state index is 12.8. The molecule has 0 aliphatic heterocycles. The Balaban J connectivity index is 1.65. The van der Waals surface area contributed by atoms with E-state index >= 15 is 0 Å². The first-order chi connectivity index (χ1) is 12.8. The van der Waals surface area contributed by atoms with Crippen molar-refractivity contribution in [2.45, 2.75) is 25.7 Å². The van der Waals surface area contributed by atoms with Crippen molar-refractivity contribution in [3.05, 3.63) is 69.6 Å². The SMILES string of the molecule is O=c1[nH]c(-c2ccncc2)nc2scc(-c3ccc4c(c3)CCCC4)c12. The summed E-state index contributed by atoms with van der Waals surface area (Å²) in [6.45, 7) is 0. The Hall–Kier alpha value is -2.79. The molecule has 0 fully saturated rings. The van der Waals surface area contributed by atoms with Crippen LogP contribution in [0.15, 0.2) is 52.9 Å². The van der Waals surface area contributed by atoms with E-state index in [4.69, 9.17) is 0 Å². The smallest absolute Gasteiger partial charge is 0.260 e. The minimum absolute atomic E-state index is 0.0872. The third kappa shape index (κ3) is 2.56. The third-order valence-corrected chi connectivity index (χ3v) is 5.93. The second-order valence-electron chi connectivity index (χ2n) is 6.67. The van der Waals surface area contributed by atoms with Gasteiger partial charge < -0.3 is 4.98 Å². The van der Waals surface area contributed by atoms with Gasteiger partial charge in [0.2, 0.25) is 0 Å². The van der Waals surface area contributed by atoms with Crippen molar-refractivity contribution in [1.29, 1.82) is 0 Å². The van der Waals surface area contributed by atoms with Crippen LogP contribution in [0.25, 0.3) is 32.7 Å². The van der Waals surface area contributed by atoms with Gasteiger partial charge in [-0.05, 0) is 54.5 Å². The van der Waals surface area contributed by atoms with Gasteiger partial charge in [0.25, 0.3) is 5.56 Å². The van der Waals surface area contributed by atoms with E-state index in [9.17, 15) is 4.79 Å². The quantitative estimate of drug-likeness (QED) is 0.569. The third-order valence-electron chi connectivity index (χ3n) is 5.06. The second kappa shape index (κ2) is 6.18. The molecule has 3 aromatic heterocycles. The van der Waals surface area contributed by atoms with Crippen LogP contribution in [-0.2, 0) is 12.8 Å². The van der Waals surface area contributed by atoms with E-state index in [1.165, 1.54) is 35.3 Å². The molecule has 0 atom stereocenters. The molecule has 0 amide bonds. The van der Waals surface area contributed by atoms with E-state index in [2.05, 4.69) is 33.2 Å². The van der Waals surface area contributed by atoms with Gasteiger partial charge in [-0.25, -0.2) is 4.98 Å². The van der Waals surface area contributed by atoms with E-state index in [-0.39, 0.29) is 5.56 Å². The molecular formula is C21H17N3OS.